The van der Waals surface area contributed by atoms with Gasteiger partial charge in [-0.05, 0) is 42.0 Å². The third-order valence-electron chi connectivity index (χ3n) is 6.81. The smallest absolute Gasteiger partial charge is 0.247 e. The molecule has 206 valence electrons. The first-order chi connectivity index (χ1) is 19.8. The second-order valence-electron chi connectivity index (χ2n) is 9.71. The molecule has 41 heavy (non-hydrogen) atoms. The number of hydrogen-bond acceptors (Lipinski definition) is 7. The standard InChI is InChI=1S/C31H26ClN5O3S/c1-40-29-14-7-6-13-24(29)28-19-27(21-11-8-12-23(17-21)36-41(2,38)39)35-37(28)31-33-26-16-15-22(32)18-25(26)30(34-31)20-9-4-3-5-10-20/h3-18,28,36H,19H2,1-2H3/t28-/m0/s1. The average Bonchev–Trinajstić information content (AvgIpc) is 3.42. The Labute approximate surface area is 243 Å². The molecule has 0 fully saturated rings. The predicted octanol–water partition coefficient (Wildman–Crippen LogP) is 6.69. The van der Waals surface area contributed by atoms with Crippen LogP contribution in [0.2, 0.25) is 5.02 Å². The van der Waals surface area contributed by atoms with E-state index in [2.05, 4.69) is 4.72 Å². The van der Waals surface area contributed by atoms with Gasteiger partial charge in [0.25, 0.3) is 0 Å². The molecule has 1 aromatic heterocycles. The monoisotopic (exact) mass is 583 g/mol. The van der Waals surface area contributed by atoms with Gasteiger partial charge >= 0.3 is 0 Å². The van der Waals surface area contributed by atoms with Crippen LogP contribution in [0, 0.1) is 0 Å². The number of fused-ring (bicyclic) bond motifs is 1. The first-order valence-corrected chi connectivity index (χ1v) is 15.2. The number of benzene rings is 4. The van der Waals surface area contributed by atoms with E-state index < -0.39 is 10.0 Å². The highest BCUT2D eigenvalue weighted by Gasteiger charge is 2.34. The van der Waals surface area contributed by atoms with Crippen LogP contribution in [-0.2, 0) is 10.0 Å². The Morgan fingerprint density at radius 3 is 2.44 bits per heavy atom. The van der Waals surface area contributed by atoms with Gasteiger partial charge in [-0.3, -0.25) is 4.72 Å². The molecule has 2 heterocycles. The number of para-hydroxylation sites is 1. The highest BCUT2D eigenvalue weighted by atomic mass is 35.5. The van der Waals surface area contributed by atoms with Gasteiger partial charge in [0.1, 0.15) is 5.75 Å². The van der Waals surface area contributed by atoms with Gasteiger partial charge < -0.3 is 4.74 Å². The van der Waals surface area contributed by atoms with E-state index in [0.717, 1.165) is 51.0 Å². The van der Waals surface area contributed by atoms with E-state index in [9.17, 15) is 8.42 Å². The maximum atomic E-state index is 11.9. The van der Waals surface area contributed by atoms with Crippen LogP contribution in [0.4, 0.5) is 11.6 Å². The lowest BCUT2D eigenvalue weighted by atomic mass is 9.97. The zero-order valence-corrected chi connectivity index (χ0v) is 23.9. The molecule has 0 spiro atoms. The molecular weight excluding hydrogens is 558 g/mol. The molecule has 0 amide bonds. The number of sulfonamides is 1. The Balaban J connectivity index is 1.53. The first-order valence-electron chi connectivity index (χ1n) is 12.9. The van der Waals surface area contributed by atoms with Crippen molar-refractivity contribution in [3.63, 3.8) is 0 Å². The molecule has 1 N–H and O–H groups in total. The van der Waals surface area contributed by atoms with Crippen LogP contribution in [-0.4, -0.2) is 37.5 Å². The highest BCUT2D eigenvalue weighted by molar-refractivity contribution is 7.92. The molecule has 1 aliphatic rings. The van der Waals surface area contributed by atoms with E-state index in [1.54, 1.807) is 25.3 Å². The molecule has 0 saturated heterocycles. The quantitative estimate of drug-likeness (QED) is 0.229. The van der Waals surface area contributed by atoms with Gasteiger partial charge in [-0.25, -0.2) is 23.4 Å². The maximum absolute atomic E-state index is 11.9. The molecular formula is C31H26ClN5O3S. The van der Waals surface area contributed by atoms with E-state index in [4.69, 9.17) is 31.4 Å². The van der Waals surface area contributed by atoms with Crippen molar-refractivity contribution in [1.82, 2.24) is 9.97 Å². The number of hydrazone groups is 1. The highest BCUT2D eigenvalue weighted by Crippen LogP contribution is 2.41. The van der Waals surface area contributed by atoms with E-state index in [1.165, 1.54) is 0 Å². The molecule has 10 heteroatoms. The Bertz CT molecular complexity index is 1900. The number of aromatic nitrogens is 2. The Morgan fingerprint density at radius 2 is 1.66 bits per heavy atom. The van der Waals surface area contributed by atoms with Crippen molar-refractivity contribution in [1.29, 1.82) is 0 Å². The van der Waals surface area contributed by atoms with Gasteiger partial charge in [0, 0.05) is 33.6 Å². The number of anilines is 2. The van der Waals surface area contributed by atoms with Gasteiger partial charge in [-0.2, -0.15) is 5.10 Å². The normalized spacial score (nSPS) is 15.1. The van der Waals surface area contributed by atoms with E-state index in [0.29, 0.717) is 23.1 Å². The largest absolute Gasteiger partial charge is 0.496 e. The topological polar surface area (TPSA) is 96.8 Å². The molecule has 8 nitrogen and oxygen atoms in total. The third-order valence-corrected chi connectivity index (χ3v) is 7.65. The van der Waals surface area contributed by atoms with Crippen LogP contribution < -0.4 is 14.5 Å². The Hall–Kier alpha value is -4.47. The number of ether oxygens (including phenoxy) is 1. The lowest BCUT2D eigenvalue weighted by molar-refractivity contribution is 0.405. The summed E-state index contributed by atoms with van der Waals surface area (Å²) >= 11 is 6.38. The van der Waals surface area contributed by atoms with Crippen molar-refractivity contribution in [2.45, 2.75) is 12.5 Å². The minimum atomic E-state index is -3.44. The molecule has 0 radical (unpaired) electrons. The Morgan fingerprint density at radius 1 is 0.902 bits per heavy atom. The zero-order chi connectivity index (χ0) is 28.6. The molecule has 5 aromatic rings. The van der Waals surface area contributed by atoms with Crippen LogP contribution in [0.15, 0.2) is 102 Å². The molecule has 6 rings (SSSR count). The number of nitrogens with zero attached hydrogens (tertiary/aromatic N) is 4. The summed E-state index contributed by atoms with van der Waals surface area (Å²) in [6.45, 7) is 0. The summed E-state index contributed by atoms with van der Waals surface area (Å²) in [5.74, 6) is 1.15. The molecule has 1 atom stereocenters. The molecule has 1 aliphatic heterocycles. The lowest BCUT2D eigenvalue weighted by Crippen LogP contribution is -2.21. The number of hydrogen-bond donors (Lipinski definition) is 1. The summed E-state index contributed by atoms with van der Waals surface area (Å²) in [5, 5.41) is 8.28. The van der Waals surface area contributed by atoms with Crippen molar-refractivity contribution in [2.24, 2.45) is 5.10 Å². The van der Waals surface area contributed by atoms with E-state index in [1.807, 2.05) is 83.9 Å². The zero-order valence-electron chi connectivity index (χ0n) is 22.3. The van der Waals surface area contributed by atoms with Crippen LogP contribution >= 0.6 is 11.6 Å². The second-order valence-corrected chi connectivity index (χ2v) is 11.9. The summed E-state index contributed by atoms with van der Waals surface area (Å²) in [6, 6.07) is 30.2. The fourth-order valence-corrected chi connectivity index (χ4v) is 5.76. The van der Waals surface area contributed by atoms with Crippen molar-refractivity contribution in [3.05, 3.63) is 113 Å². The Kier molecular flexibility index (Phi) is 7.07. The number of halogens is 1. The summed E-state index contributed by atoms with van der Waals surface area (Å²) in [7, 11) is -1.79. The summed E-state index contributed by atoms with van der Waals surface area (Å²) < 4.78 is 32.0. The predicted molar refractivity (Wildman–Crippen MR) is 164 cm³/mol. The van der Waals surface area contributed by atoms with Crippen molar-refractivity contribution < 1.29 is 13.2 Å². The lowest BCUT2D eigenvalue weighted by Gasteiger charge is -2.24. The first kappa shape index (κ1) is 26.7. The fraction of sp³-hybridized carbons (Fsp3) is 0.129. The number of nitrogens with one attached hydrogen (secondary N) is 1. The SMILES string of the molecule is COc1ccccc1[C@@H]1CC(c2cccc(NS(C)(=O)=O)c2)=NN1c1nc(-c2ccccc2)c2cc(Cl)ccc2n1. The minimum Gasteiger partial charge on any atom is -0.496 e. The maximum Gasteiger partial charge on any atom is 0.247 e. The van der Waals surface area contributed by atoms with Gasteiger partial charge in [0.05, 0.1) is 36.3 Å². The molecule has 0 aliphatic carbocycles. The fourth-order valence-electron chi connectivity index (χ4n) is 5.04. The molecule has 0 saturated carbocycles. The van der Waals surface area contributed by atoms with Gasteiger partial charge in [-0.1, -0.05) is 72.3 Å². The van der Waals surface area contributed by atoms with E-state index in [-0.39, 0.29) is 6.04 Å². The van der Waals surface area contributed by atoms with Crippen LogP contribution in [0.1, 0.15) is 23.6 Å². The summed E-state index contributed by atoms with van der Waals surface area (Å²) in [6.07, 6.45) is 1.64. The summed E-state index contributed by atoms with van der Waals surface area (Å²) in [4.78, 5) is 9.96. The third kappa shape index (κ3) is 5.59. The summed E-state index contributed by atoms with van der Waals surface area (Å²) in [5.41, 5.74) is 5.36. The molecule has 4 aromatic carbocycles. The number of methoxy groups -OCH3 is 1. The minimum absolute atomic E-state index is 0.277. The van der Waals surface area contributed by atoms with Gasteiger partial charge in [0.2, 0.25) is 16.0 Å². The number of rotatable bonds is 7. The van der Waals surface area contributed by atoms with Crippen molar-refractivity contribution in [3.8, 4) is 17.0 Å². The van der Waals surface area contributed by atoms with Crippen LogP contribution in [0.5, 0.6) is 5.75 Å². The van der Waals surface area contributed by atoms with Gasteiger partial charge in [0.15, 0.2) is 0 Å². The molecule has 0 bridgehead atoms. The van der Waals surface area contributed by atoms with E-state index >= 15 is 0 Å². The van der Waals surface area contributed by atoms with Crippen molar-refractivity contribution in [2.75, 3.05) is 23.1 Å². The second kappa shape index (κ2) is 10.8. The van der Waals surface area contributed by atoms with Crippen LogP contribution in [0.3, 0.4) is 0 Å². The molecule has 0 unspecified atom stereocenters. The average molecular weight is 584 g/mol. The van der Waals surface area contributed by atoms with Gasteiger partial charge in [-0.15, -0.1) is 0 Å². The van der Waals surface area contributed by atoms with Crippen molar-refractivity contribution >= 4 is 49.9 Å². The van der Waals surface area contributed by atoms with Crippen LogP contribution in [0.25, 0.3) is 22.2 Å².